The van der Waals surface area contributed by atoms with Gasteiger partial charge in [-0.15, -0.1) is 0 Å². The predicted molar refractivity (Wildman–Crippen MR) is 44.5 cm³/mol. The van der Waals surface area contributed by atoms with Crippen molar-refractivity contribution in [3.05, 3.63) is 0 Å². The van der Waals surface area contributed by atoms with E-state index in [4.69, 9.17) is 4.84 Å². The molecule has 5 nitrogen and oxygen atoms in total. The second-order valence-corrected chi connectivity index (χ2v) is 4.56. The van der Waals surface area contributed by atoms with Crippen LogP contribution in [0, 0.1) is 0 Å². The average Bonchev–Trinajstić information content (AvgIpc) is 2.55. The summed E-state index contributed by atoms with van der Waals surface area (Å²) >= 11 is 0. The normalized spacial score (nSPS) is 20.6. The van der Waals surface area contributed by atoms with Crippen molar-refractivity contribution in [1.82, 2.24) is 8.77 Å². The molecule has 0 saturated carbocycles. The van der Waals surface area contributed by atoms with Crippen LogP contribution in [0.3, 0.4) is 0 Å². The molecular weight excluding hydrogens is 180 g/mol. The van der Waals surface area contributed by atoms with Crippen molar-refractivity contribution in [3.63, 3.8) is 0 Å². The van der Waals surface area contributed by atoms with Gasteiger partial charge in [0.15, 0.2) is 0 Å². The highest BCUT2D eigenvalue weighted by molar-refractivity contribution is 7.86. The molecule has 0 aromatic heterocycles. The second kappa shape index (κ2) is 3.69. The van der Waals surface area contributed by atoms with Crippen molar-refractivity contribution < 1.29 is 13.3 Å². The topological polar surface area (TPSA) is 49.9 Å². The lowest BCUT2D eigenvalue weighted by molar-refractivity contribution is -0.0332. The van der Waals surface area contributed by atoms with E-state index < -0.39 is 10.2 Å². The van der Waals surface area contributed by atoms with Gasteiger partial charge in [-0.3, -0.25) is 4.84 Å². The molecular formula is C6H14N2O3S. The lowest BCUT2D eigenvalue weighted by Gasteiger charge is -2.20. The summed E-state index contributed by atoms with van der Waals surface area (Å²) in [4.78, 5) is 4.94. The van der Waals surface area contributed by atoms with E-state index in [0.29, 0.717) is 19.7 Å². The monoisotopic (exact) mass is 194 g/mol. The van der Waals surface area contributed by atoms with Crippen LogP contribution in [0.25, 0.3) is 0 Å². The van der Waals surface area contributed by atoms with E-state index in [0.717, 1.165) is 10.9 Å². The number of hydrogen-bond acceptors (Lipinski definition) is 3. The molecule has 6 heteroatoms. The summed E-state index contributed by atoms with van der Waals surface area (Å²) in [5.74, 6) is 0. The van der Waals surface area contributed by atoms with Crippen LogP contribution in [0.4, 0.5) is 0 Å². The number of rotatable bonds is 3. The molecule has 0 bridgehead atoms. The summed E-state index contributed by atoms with van der Waals surface area (Å²) < 4.78 is 25.3. The SMILES string of the molecule is CCN(C)S(=O)(=O)N1CCCO1. The van der Waals surface area contributed by atoms with Crippen LogP contribution < -0.4 is 0 Å². The Morgan fingerprint density at radius 3 is 2.67 bits per heavy atom. The zero-order valence-corrected chi connectivity index (χ0v) is 8.17. The van der Waals surface area contributed by atoms with Crippen molar-refractivity contribution >= 4 is 10.2 Å². The molecule has 0 amide bonds. The van der Waals surface area contributed by atoms with Crippen molar-refractivity contribution in [2.45, 2.75) is 13.3 Å². The summed E-state index contributed by atoms with van der Waals surface area (Å²) in [5, 5.41) is 0. The van der Waals surface area contributed by atoms with Crippen LogP contribution in [0.1, 0.15) is 13.3 Å². The Hall–Kier alpha value is -0.170. The number of hydrogen-bond donors (Lipinski definition) is 0. The third kappa shape index (κ3) is 1.77. The third-order valence-electron chi connectivity index (χ3n) is 1.82. The minimum atomic E-state index is -3.34. The molecule has 1 saturated heterocycles. The quantitative estimate of drug-likeness (QED) is 0.626. The average molecular weight is 194 g/mol. The van der Waals surface area contributed by atoms with Crippen molar-refractivity contribution in [2.75, 3.05) is 26.7 Å². The first-order valence-corrected chi connectivity index (χ1v) is 5.35. The highest BCUT2D eigenvalue weighted by Gasteiger charge is 2.29. The molecule has 0 N–H and O–H groups in total. The van der Waals surface area contributed by atoms with E-state index in [9.17, 15) is 8.42 Å². The summed E-state index contributed by atoms with van der Waals surface area (Å²) in [6, 6.07) is 0. The van der Waals surface area contributed by atoms with Crippen LogP contribution >= 0.6 is 0 Å². The van der Waals surface area contributed by atoms with E-state index in [1.54, 1.807) is 6.92 Å². The Labute approximate surface area is 73.0 Å². The molecule has 0 spiro atoms. The molecule has 12 heavy (non-hydrogen) atoms. The largest absolute Gasteiger partial charge is 0.303 e. The molecule has 1 aliphatic rings. The molecule has 0 aromatic rings. The maximum atomic E-state index is 11.5. The van der Waals surface area contributed by atoms with Gasteiger partial charge in [0.25, 0.3) is 0 Å². The van der Waals surface area contributed by atoms with Gasteiger partial charge in [-0.05, 0) is 6.42 Å². The Morgan fingerprint density at radius 2 is 2.25 bits per heavy atom. The van der Waals surface area contributed by atoms with Gasteiger partial charge in [0.05, 0.1) is 6.61 Å². The fourth-order valence-electron chi connectivity index (χ4n) is 0.925. The number of hydroxylamine groups is 1. The fraction of sp³-hybridized carbons (Fsp3) is 1.00. The molecule has 1 heterocycles. The Kier molecular flexibility index (Phi) is 3.05. The lowest BCUT2D eigenvalue weighted by Crippen LogP contribution is -2.39. The highest BCUT2D eigenvalue weighted by atomic mass is 32.2. The summed E-state index contributed by atoms with van der Waals surface area (Å²) in [5.41, 5.74) is 0. The molecule has 0 unspecified atom stereocenters. The standard InChI is InChI=1S/C6H14N2O3S/c1-3-7(2)12(9,10)8-5-4-6-11-8/h3-6H2,1-2H3. The first-order chi connectivity index (χ1) is 5.59. The van der Waals surface area contributed by atoms with Crippen LogP contribution in [0.15, 0.2) is 0 Å². The van der Waals surface area contributed by atoms with Gasteiger partial charge in [0.1, 0.15) is 0 Å². The molecule has 0 aliphatic carbocycles. The van der Waals surface area contributed by atoms with E-state index >= 15 is 0 Å². The van der Waals surface area contributed by atoms with E-state index in [1.165, 1.54) is 11.4 Å². The summed E-state index contributed by atoms with van der Waals surface area (Å²) in [6.45, 7) is 3.21. The molecule has 0 aromatic carbocycles. The maximum absolute atomic E-state index is 11.5. The summed E-state index contributed by atoms with van der Waals surface area (Å²) in [7, 11) is -1.81. The lowest BCUT2D eigenvalue weighted by atomic mass is 10.5. The van der Waals surface area contributed by atoms with E-state index in [-0.39, 0.29) is 0 Å². The van der Waals surface area contributed by atoms with Gasteiger partial charge >= 0.3 is 10.2 Å². The van der Waals surface area contributed by atoms with E-state index in [2.05, 4.69) is 0 Å². The Morgan fingerprint density at radius 1 is 1.58 bits per heavy atom. The zero-order chi connectivity index (χ0) is 9.19. The van der Waals surface area contributed by atoms with Crippen LogP contribution in [-0.2, 0) is 15.0 Å². The van der Waals surface area contributed by atoms with Crippen molar-refractivity contribution in [3.8, 4) is 0 Å². The third-order valence-corrected chi connectivity index (χ3v) is 3.67. The first kappa shape index (κ1) is 9.91. The number of nitrogens with zero attached hydrogens (tertiary/aromatic N) is 2. The second-order valence-electron chi connectivity index (χ2n) is 2.64. The van der Waals surface area contributed by atoms with Crippen molar-refractivity contribution in [1.29, 1.82) is 0 Å². The van der Waals surface area contributed by atoms with Gasteiger partial charge in [-0.2, -0.15) is 12.7 Å². The Bertz CT molecular complexity index is 233. The van der Waals surface area contributed by atoms with Gasteiger partial charge in [-0.25, -0.2) is 0 Å². The van der Waals surface area contributed by atoms with Crippen LogP contribution in [0.2, 0.25) is 0 Å². The van der Waals surface area contributed by atoms with Crippen molar-refractivity contribution in [2.24, 2.45) is 0 Å². The minimum Gasteiger partial charge on any atom is -0.283 e. The smallest absolute Gasteiger partial charge is 0.283 e. The van der Waals surface area contributed by atoms with Gasteiger partial charge < -0.3 is 0 Å². The van der Waals surface area contributed by atoms with Crippen LogP contribution in [0.5, 0.6) is 0 Å². The zero-order valence-electron chi connectivity index (χ0n) is 7.36. The van der Waals surface area contributed by atoms with E-state index in [1.807, 2.05) is 0 Å². The molecule has 1 fully saturated rings. The molecule has 0 atom stereocenters. The first-order valence-electron chi connectivity index (χ1n) is 3.96. The maximum Gasteiger partial charge on any atom is 0.303 e. The van der Waals surface area contributed by atoms with Gasteiger partial charge in [-0.1, -0.05) is 11.4 Å². The fourth-order valence-corrected chi connectivity index (χ4v) is 2.13. The minimum absolute atomic E-state index is 0.461. The molecule has 1 rings (SSSR count). The Balaban J connectivity index is 2.70. The molecule has 0 radical (unpaired) electrons. The molecule has 1 aliphatic heterocycles. The van der Waals surface area contributed by atoms with Crippen LogP contribution in [-0.4, -0.2) is 43.9 Å². The van der Waals surface area contributed by atoms with Gasteiger partial charge in [0.2, 0.25) is 0 Å². The van der Waals surface area contributed by atoms with Gasteiger partial charge in [0, 0.05) is 20.1 Å². The molecule has 72 valence electrons. The predicted octanol–water partition coefficient (Wildman–Crippen LogP) is -0.180. The highest BCUT2D eigenvalue weighted by Crippen LogP contribution is 2.12. The summed E-state index contributed by atoms with van der Waals surface area (Å²) in [6.07, 6.45) is 0.775.